The van der Waals surface area contributed by atoms with Crippen molar-refractivity contribution in [3.8, 4) is 0 Å². The zero-order valence-electron chi connectivity index (χ0n) is 20.2. The number of nitrogens with one attached hydrogen (secondary N) is 1. The highest BCUT2D eigenvalue weighted by molar-refractivity contribution is 7.92. The Kier molecular flexibility index (Phi) is 9.39. The van der Waals surface area contributed by atoms with Crippen LogP contribution in [0.15, 0.2) is 36.4 Å². The van der Waals surface area contributed by atoms with Gasteiger partial charge < -0.3 is 10.2 Å². The monoisotopic (exact) mass is 527 g/mol. The first-order valence-electron chi connectivity index (χ1n) is 10.8. The number of amides is 2. The zero-order chi connectivity index (χ0) is 25.8. The fraction of sp³-hybridized carbons (Fsp3) is 0.417. The quantitative estimate of drug-likeness (QED) is 0.526. The molecule has 2 aromatic rings. The standard InChI is InChI=1S/C24H31Cl2N3O4S/c1-15(2)27-24(31)18(5)28(13-19-7-8-20(25)12-22(19)26)23(30)14-29(34(6,32)33)21-10-16(3)9-17(4)11-21/h7-12,15,18H,13-14H2,1-6H3,(H,27,31). The summed E-state index contributed by atoms with van der Waals surface area (Å²) in [5.74, 6) is -0.896. The van der Waals surface area contributed by atoms with Crippen molar-refractivity contribution in [2.75, 3.05) is 17.1 Å². The number of rotatable bonds is 9. The minimum Gasteiger partial charge on any atom is -0.352 e. The first kappa shape index (κ1) is 28.0. The lowest BCUT2D eigenvalue weighted by atomic mass is 10.1. The third kappa shape index (κ3) is 7.61. The lowest BCUT2D eigenvalue weighted by Gasteiger charge is -2.32. The number of hydrogen-bond donors (Lipinski definition) is 1. The van der Waals surface area contributed by atoms with Gasteiger partial charge in [-0.1, -0.05) is 35.3 Å². The molecule has 0 saturated heterocycles. The van der Waals surface area contributed by atoms with Crippen molar-refractivity contribution in [2.24, 2.45) is 0 Å². The number of carbonyl (C=O) groups is 2. The number of halogens is 2. The second-order valence-electron chi connectivity index (χ2n) is 8.71. The lowest BCUT2D eigenvalue weighted by Crippen LogP contribution is -2.52. The van der Waals surface area contributed by atoms with E-state index >= 15 is 0 Å². The molecule has 2 rings (SSSR count). The van der Waals surface area contributed by atoms with Crippen LogP contribution in [0, 0.1) is 13.8 Å². The van der Waals surface area contributed by atoms with Gasteiger partial charge in [0.05, 0.1) is 11.9 Å². The molecule has 0 aliphatic carbocycles. The van der Waals surface area contributed by atoms with Gasteiger partial charge in [-0.15, -0.1) is 0 Å². The Bertz CT molecular complexity index is 1150. The van der Waals surface area contributed by atoms with Crippen LogP contribution >= 0.6 is 23.2 Å². The van der Waals surface area contributed by atoms with Gasteiger partial charge in [-0.3, -0.25) is 13.9 Å². The van der Waals surface area contributed by atoms with Crippen LogP contribution in [0.25, 0.3) is 0 Å². The van der Waals surface area contributed by atoms with Crippen LogP contribution in [0.1, 0.15) is 37.5 Å². The molecule has 0 spiro atoms. The normalized spacial score (nSPS) is 12.4. The number of aryl methyl sites for hydroxylation is 2. The molecule has 7 nitrogen and oxygen atoms in total. The number of hydrogen-bond acceptors (Lipinski definition) is 4. The van der Waals surface area contributed by atoms with Crippen LogP contribution < -0.4 is 9.62 Å². The number of nitrogens with zero attached hydrogens (tertiary/aromatic N) is 2. The van der Waals surface area contributed by atoms with E-state index in [2.05, 4.69) is 5.32 Å². The highest BCUT2D eigenvalue weighted by atomic mass is 35.5. The molecule has 1 N–H and O–H groups in total. The van der Waals surface area contributed by atoms with Crippen molar-refractivity contribution in [3.63, 3.8) is 0 Å². The summed E-state index contributed by atoms with van der Waals surface area (Å²) in [6.07, 6.45) is 1.05. The van der Waals surface area contributed by atoms with Crippen molar-refractivity contribution >= 4 is 50.7 Å². The summed E-state index contributed by atoms with van der Waals surface area (Å²) in [4.78, 5) is 27.6. The minimum atomic E-state index is -3.79. The molecule has 34 heavy (non-hydrogen) atoms. The van der Waals surface area contributed by atoms with E-state index in [1.54, 1.807) is 37.3 Å². The third-order valence-electron chi connectivity index (χ3n) is 5.13. The predicted molar refractivity (Wildman–Crippen MR) is 138 cm³/mol. The molecule has 186 valence electrons. The Hall–Kier alpha value is -2.29. The van der Waals surface area contributed by atoms with Crippen molar-refractivity contribution in [3.05, 3.63) is 63.1 Å². The van der Waals surface area contributed by atoms with E-state index < -0.39 is 28.5 Å². The topological polar surface area (TPSA) is 86.8 Å². The summed E-state index contributed by atoms with van der Waals surface area (Å²) < 4.78 is 26.4. The third-order valence-corrected chi connectivity index (χ3v) is 6.86. The van der Waals surface area contributed by atoms with E-state index in [0.717, 1.165) is 21.7 Å². The van der Waals surface area contributed by atoms with E-state index in [4.69, 9.17) is 23.2 Å². The maximum atomic E-state index is 13.5. The van der Waals surface area contributed by atoms with Gasteiger partial charge in [0, 0.05) is 22.6 Å². The van der Waals surface area contributed by atoms with Crippen molar-refractivity contribution in [2.45, 2.75) is 53.2 Å². The molecule has 1 atom stereocenters. The second kappa shape index (κ2) is 11.4. The smallest absolute Gasteiger partial charge is 0.244 e. The zero-order valence-corrected chi connectivity index (χ0v) is 22.6. The van der Waals surface area contributed by atoms with Crippen LogP contribution in [0.5, 0.6) is 0 Å². The maximum absolute atomic E-state index is 13.5. The molecule has 0 saturated carbocycles. The molecule has 0 aromatic heterocycles. The number of anilines is 1. The molecule has 0 aliphatic rings. The van der Waals surface area contributed by atoms with E-state index in [1.165, 1.54) is 4.90 Å². The first-order valence-corrected chi connectivity index (χ1v) is 13.4. The van der Waals surface area contributed by atoms with Crippen LogP contribution in [0.4, 0.5) is 5.69 Å². The summed E-state index contributed by atoms with van der Waals surface area (Å²) in [6.45, 7) is 8.48. The van der Waals surface area contributed by atoms with Gasteiger partial charge in [0.2, 0.25) is 21.8 Å². The van der Waals surface area contributed by atoms with E-state index in [9.17, 15) is 18.0 Å². The van der Waals surface area contributed by atoms with Crippen molar-refractivity contribution in [1.29, 1.82) is 0 Å². The van der Waals surface area contributed by atoms with Crippen LogP contribution in [0.3, 0.4) is 0 Å². The average Bonchev–Trinajstić information content (AvgIpc) is 2.68. The van der Waals surface area contributed by atoms with Gasteiger partial charge in [0.15, 0.2) is 0 Å². The fourth-order valence-electron chi connectivity index (χ4n) is 3.53. The van der Waals surface area contributed by atoms with Gasteiger partial charge in [-0.2, -0.15) is 0 Å². The molecule has 0 aliphatic heterocycles. The molecule has 0 bridgehead atoms. The number of benzene rings is 2. The van der Waals surface area contributed by atoms with Gasteiger partial charge in [0.1, 0.15) is 12.6 Å². The molecule has 0 fully saturated rings. The van der Waals surface area contributed by atoms with E-state index in [0.29, 0.717) is 21.3 Å². The van der Waals surface area contributed by atoms with Gasteiger partial charge in [-0.05, 0) is 75.6 Å². The molecule has 1 unspecified atom stereocenters. The molecule has 2 amide bonds. The Labute approximate surface area is 212 Å². The van der Waals surface area contributed by atoms with Gasteiger partial charge in [-0.25, -0.2) is 8.42 Å². The number of sulfonamides is 1. The van der Waals surface area contributed by atoms with Crippen LogP contribution in [-0.2, 0) is 26.2 Å². The van der Waals surface area contributed by atoms with Gasteiger partial charge >= 0.3 is 0 Å². The molecular weight excluding hydrogens is 497 g/mol. The molecule has 2 aromatic carbocycles. The average molecular weight is 529 g/mol. The Morgan fingerprint density at radius 3 is 2.09 bits per heavy atom. The predicted octanol–water partition coefficient (Wildman–Crippen LogP) is 4.32. The van der Waals surface area contributed by atoms with Crippen LogP contribution in [-0.4, -0.2) is 50.0 Å². The summed E-state index contributed by atoms with van der Waals surface area (Å²) in [7, 11) is -3.79. The van der Waals surface area contributed by atoms with Crippen LogP contribution in [0.2, 0.25) is 10.0 Å². The van der Waals surface area contributed by atoms with Gasteiger partial charge in [0.25, 0.3) is 0 Å². The maximum Gasteiger partial charge on any atom is 0.244 e. The Morgan fingerprint density at radius 1 is 1.00 bits per heavy atom. The molecule has 0 heterocycles. The molecule has 10 heteroatoms. The first-order chi connectivity index (χ1) is 15.7. The molecular formula is C24H31Cl2N3O4S. The van der Waals surface area contributed by atoms with Crippen molar-refractivity contribution < 1.29 is 18.0 Å². The Morgan fingerprint density at radius 2 is 1.59 bits per heavy atom. The van der Waals surface area contributed by atoms with Crippen molar-refractivity contribution in [1.82, 2.24) is 10.2 Å². The summed E-state index contributed by atoms with van der Waals surface area (Å²) in [5, 5.41) is 3.58. The summed E-state index contributed by atoms with van der Waals surface area (Å²) in [6, 6.07) is 9.19. The second-order valence-corrected chi connectivity index (χ2v) is 11.5. The lowest BCUT2D eigenvalue weighted by molar-refractivity contribution is -0.139. The Balaban J connectivity index is 2.46. The number of carbonyl (C=O) groups excluding carboxylic acids is 2. The molecule has 0 radical (unpaired) electrons. The fourth-order valence-corrected chi connectivity index (χ4v) is 4.83. The summed E-state index contributed by atoms with van der Waals surface area (Å²) >= 11 is 12.3. The summed E-state index contributed by atoms with van der Waals surface area (Å²) in [5.41, 5.74) is 2.70. The minimum absolute atomic E-state index is 0.00592. The SMILES string of the molecule is Cc1cc(C)cc(N(CC(=O)N(Cc2ccc(Cl)cc2Cl)C(C)C(=O)NC(C)C)S(C)(=O)=O)c1. The van der Waals surface area contributed by atoms with E-state index in [-0.39, 0.29) is 18.5 Å². The van der Waals surface area contributed by atoms with E-state index in [1.807, 2.05) is 33.8 Å². The highest BCUT2D eigenvalue weighted by Crippen LogP contribution is 2.25. The highest BCUT2D eigenvalue weighted by Gasteiger charge is 2.30. The largest absolute Gasteiger partial charge is 0.352 e.